The summed E-state index contributed by atoms with van der Waals surface area (Å²) in [5.41, 5.74) is 0.989. The van der Waals surface area contributed by atoms with Crippen LogP contribution < -0.4 is 15.5 Å². The number of anilines is 2. The van der Waals surface area contributed by atoms with Crippen molar-refractivity contribution in [2.24, 2.45) is 5.41 Å². The Labute approximate surface area is 176 Å². The van der Waals surface area contributed by atoms with E-state index in [1.165, 1.54) is 32.1 Å². The van der Waals surface area contributed by atoms with Gasteiger partial charge in [-0.05, 0) is 49.7 Å². The maximum absolute atomic E-state index is 12.9. The van der Waals surface area contributed by atoms with Gasteiger partial charge in [0, 0.05) is 32.8 Å². The van der Waals surface area contributed by atoms with Gasteiger partial charge in [-0.1, -0.05) is 40.0 Å². The molecule has 2 heterocycles. The summed E-state index contributed by atoms with van der Waals surface area (Å²) in [6.07, 6.45) is 9.37. The van der Waals surface area contributed by atoms with Gasteiger partial charge < -0.3 is 20.6 Å². The molecule has 29 heavy (non-hydrogen) atoms. The lowest BCUT2D eigenvalue weighted by atomic mass is 9.84. The molecule has 3 rings (SSSR count). The third-order valence-corrected chi connectivity index (χ3v) is 5.83. The van der Waals surface area contributed by atoms with Crippen LogP contribution in [0, 0.1) is 5.41 Å². The van der Waals surface area contributed by atoms with Gasteiger partial charge >= 0.3 is 0 Å². The number of rotatable bonds is 6. The predicted molar refractivity (Wildman–Crippen MR) is 121 cm³/mol. The van der Waals surface area contributed by atoms with Crippen molar-refractivity contribution < 1.29 is 9.90 Å². The lowest BCUT2D eigenvalue weighted by Gasteiger charge is -2.39. The van der Waals surface area contributed by atoms with Gasteiger partial charge in [-0.25, -0.2) is 4.98 Å². The van der Waals surface area contributed by atoms with Crippen molar-refractivity contribution in [2.45, 2.75) is 78.2 Å². The lowest BCUT2D eigenvalue weighted by molar-refractivity contribution is 0.0928. The summed E-state index contributed by atoms with van der Waals surface area (Å²) >= 11 is 0. The van der Waals surface area contributed by atoms with E-state index < -0.39 is 0 Å². The molecule has 6 heteroatoms. The average Bonchev–Trinajstić information content (AvgIpc) is 2.73. The Morgan fingerprint density at radius 2 is 1.93 bits per heavy atom. The maximum atomic E-state index is 12.9. The zero-order valence-corrected chi connectivity index (χ0v) is 18.8. The van der Waals surface area contributed by atoms with Crippen LogP contribution in [0.25, 0.3) is 0 Å². The molecule has 0 radical (unpaired) electrons. The molecule has 2 aliphatic rings. The molecule has 1 aromatic heterocycles. The van der Waals surface area contributed by atoms with E-state index in [2.05, 4.69) is 36.3 Å². The number of aromatic nitrogens is 1. The quantitative estimate of drug-likeness (QED) is 0.662. The first-order chi connectivity index (χ1) is 14.0. The third-order valence-electron chi connectivity index (χ3n) is 5.83. The van der Waals surface area contributed by atoms with E-state index in [4.69, 9.17) is 10.1 Å². The Morgan fingerprint density at radius 3 is 2.59 bits per heavy atom. The van der Waals surface area contributed by atoms with Gasteiger partial charge in [0.1, 0.15) is 11.6 Å². The van der Waals surface area contributed by atoms with Crippen LogP contribution in [-0.4, -0.2) is 48.8 Å². The van der Waals surface area contributed by atoms with Crippen molar-refractivity contribution in [3.8, 4) is 0 Å². The smallest absolute Gasteiger partial charge is 0.255 e. The second-order valence-corrected chi connectivity index (χ2v) is 8.99. The number of amides is 1. The Bertz CT molecular complexity index is 642. The van der Waals surface area contributed by atoms with Crippen molar-refractivity contribution in [1.29, 1.82) is 0 Å². The van der Waals surface area contributed by atoms with Crippen LogP contribution in [0.5, 0.6) is 0 Å². The highest BCUT2D eigenvalue weighted by molar-refractivity contribution is 5.99. The first kappa shape index (κ1) is 23.5. The fourth-order valence-corrected chi connectivity index (χ4v) is 4.32. The number of nitrogens with zero attached hydrogens (tertiary/aromatic N) is 2. The number of nitrogens with one attached hydrogen (secondary N) is 2. The van der Waals surface area contributed by atoms with Gasteiger partial charge in [0.05, 0.1) is 5.56 Å². The molecule has 0 bridgehead atoms. The number of aliphatic hydroxyl groups is 1. The standard InChI is InChI=1S/C22H36N4O.CH4O/c1-4-14-23-20-18(21(27)24-17-9-6-5-7-10-17)11-12-19(25-20)26-15-8-13-22(2,3)16-26;1-2/h11-12,17H,4-10,13-16H2,1-3H3,(H,23,25)(H,24,27);2H,1H3. The molecule has 0 unspecified atom stereocenters. The Hall–Kier alpha value is -1.82. The summed E-state index contributed by atoms with van der Waals surface area (Å²) in [6, 6.07) is 4.29. The molecular weight excluding hydrogens is 364 g/mol. The van der Waals surface area contributed by atoms with E-state index in [0.717, 1.165) is 57.6 Å². The van der Waals surface area contributed by atoms with Crippen molar-refractivity contribution in [1.82, 2.24) is 10.3 Å². The summed E-state index contributed by atoms with van der Waals surface area (Å²) < 4.78 is 0. The SMILES string of the molecule is CCCNc1nc(N2CCCC(C)(C)C2)ccc1C(=O)NC1CCCCC1.CO. The Kier molecular flexibility index (Phi) is 9.21. The topological polar surface area (TPSA) is 77.5 Å². The minimum absolute atomic E-state index is 0.0125. The second kappa shape index (κ2) is 11.4. The maximum Gasteiger partial charge on any atom is 0.255 e. The minimum Gasteiger partial charge on any atom is -0.400 e. The van der Waals surface area contributed by atoms with Crippen LogP contribution in [0.4, 0.5) is 11.6 Å². The third kappa shape index (κ3) is 6.88. The van der Waals surface area contributed by atoms with Crippen molar-refractivity contribution in [2.75, 3.05) is 37.0 Å². The highest BCUT2D eigenvalue weighted by Crippen LogP contribution is 2.31. The Morgan fingerprint density at radius 1 is 1.21 bits per heavy atom. The number of piperidine rings is 1. The normalized spacial score (nSPS) is 19.1. The average molecular weight is 405 g/mol. The van der Waals surface area contributed by atoms with Crippen molar-refractivity contribution >= 4 is 17.5 Å². The zero-order valence-electron chi connectivity index (χ0n) is 18.8. The molecule has 6 nitrogen and oxygen atoms in total. The molecular formula is C23H40N4O2. The van der Waals surface area contributed by atoms with E-state index in [0.29, 0.717) is 17.0 Å². The number of carbonyl (C=O) groups excluding carboxylic acids is 1. The predicted octanol–water partition coefficient (Wildman–Crippen LogP) is 4.20. The van der Waals surface area contributed by atoms with Crippen LogP contribution in [0.1, 0.15) is 82.5 Å². The van der Waals surface area contributed by atoms with Gasteiger partial charge in [-0.15, -0.1) is 0 Å². The number of carbonyl (C=O) groups is 1. The van der Waals surface area contributed by atoms with Crippen LogP contribution >= 0.6 is 0 Å². The molecule has 1 saturated heterocycles. The molecule has 1 aromatic rings. The fraction of sp³-hybridized carbons (Fsp3) is 0.739. The van der Waals surface area contributed by atoms with Gasteiger partial charge in [-0.3, -0.25) is 4.79 Å². The van der Waals surface area contributed by atoms with Gasteiger partial charge in [0.25, 0.3) is 5.91 Å². The number of aliphatic hydroxyl groups excluding tert-OH is 1. The van der Waals surface area contributed by atoms with Gasteiger partial charge in [0.15, 0.2) is 0 Å². The minimum atomic E-state index is 0.0125. The first-order valence-corrected chi connectivity index (χ1v) is 11.2. The van der Waals surface area contributed by atoms with E-state index >= 15 is 0 Å². The molecule has 2 fully saturated rings. The summed E-state index contributed by atoms with van der Waals surface area (Å²) in [7, 11) is 1.00. The van der Waals surface area contributed by atoms with Crippen LogP contribution in [-0.2, 0) is 0 Å². The summed E-state index contributed by atoms with van der Waals surface area (Å²) in [5.74, 6) is 1.72. The van der Waals surface area contributed by atoms with Gasteiger partial charge in [0.2, 0.25) is 0 Å². The molecule has 3 N–H and O–H groups in total. The van der Waals surface area contributed by atoms with Crippen LogP contribution in [0.15, 0.2) is 12.1 Å². The lowest BCUT2D eigenvalue weighted by Crippen LogP contribution is -2.40. The van der Waals surface area contributed by atoms with Crippen molar-refractivity contribution in [3.63, 3.8) is 0 Å². The number of hydrogen-bond acceptors (Lipinski definition) is 5. The second-order valence-electron chi connectivity index (χ2n) is 8.99. The fourth-order valence-electron chi connectivity index (χ4n) is 4.32. The first-order valence-electron chi connectivity index (χ1n) is 11.2. The molecule has 0 spiro atoms. The summed E-state index contributed by atoms with van der Waals surface area (Å²) in [6.45, 7) is 9.65. The van der Waals surface area contributed by atoms with E-state index in [9.17, 15) is 4.79 Å². The number of hydrogen-bond donors (Lipinski definition) is 3. The zero-order chi connectivity index (χ0) is 21.3. The number of pyridine rings is 1. The van der Waals surface area contributed by atoms with E-state index in [1.807, 2.05) is 12.1 Å². The van der Waals surface area contributed by atoms with Crippen molar-refractivity contribution in [3.05, 3.63) is 17.7 Å². The molecule has 1 saturated carbocycles. The van der Waals surface area contributed by atoms with E-state index in [1.54, 1.807) is 0 Å². The molecule has 164 valence electrons. The van der Waals surface area contributed by atoms with E-state index in [-0.39, 0.29) is 5.91 Å². The summed E-state index contributed by atoms with van der Waals surface area (Å²) in [4.78, 5) is 20.1. The molecule has 1 amide bonds. The van der Waals surface area contributed by atoms with Gasteiger partial charge in [-0.2, -0.15) is 0 Å². The Balaban J connectivity index is 0.00000145. The molecule has 1 aliphatic heterocycles. The summed E-state index contributed by atoms with van der Waals surface area (Å²) in [5, 5.41) is 13.6. The molecule has 0 aromatic carbocycles. The van der Waals surface area contributed by atoms with Crippen LogP contribution in [0.2, 0.25) is 0 Å². The highest BCUT2D eigenvalue weighted by atomic mass is 16.2. The molecule has 1 aliphatic carbocycles. The highest BCUT2D eigenvalue weighted by Gasteiger charge is 2.28. The molecule has 0 atom stereocenters. The largest absolute Gasteiger partial charge is 0.400 e. The monoisotopic (exact) mass is 404 g/mol. The van der Waals surface area contributed by atoms with Crippen LogP contribution in [0.3, 0.4) is 0 Å².